The molecule has 0 fully saturated rings. The molecule has 3 aromatic carbocycles. The Labute approximate surface area is 184 Å². The Morgan fingerprint density at radius 1 is 0.935 bits per heavy atom. The topological polar surface area (TPSA) is 51.0 Å². The summed E-state index contributed by atoms with van der Waals surface area (Å²) in [4.78, 5) is 13.6. The zero-order valence-corrected chi connectivity index (χ0v) is 18.0. The predicted molar refractivity (Wildman–Crippen MR) is 121 cm³/mol. The molecule has 0 aliphatic heterocycles. The molecule has 0 saturated carbocycles. The van der Waals surface area contributed by atoms with Gasteiger partial charge in [-0.05, 0) is 54.1 Å². The third kappa shape index (κ3) is 4.67. The summed E-state index contributed by atoms with van der Waals surface area (Å²) >= 11 is 1.55. The van der Waals surface area contributed by atoms with E-state index in [-0.39, 0.29) is 11.7 Å². The number of benzene rings is 3. The zero-order chi connectivity index (χ0) is 21.8. The van der Waals surface area contributed by atoms with Crippen molar-refractivity contribution in [2.24, 2.45) is 0 Å². The molecule has 31 heavy (non-hydrogen) atoms. The highest BCUT2D eigenvalue weighted by Gasteiger charge is 2.16. The van der Waals surface area contributed by atoms with Crippen LogP contribution in [0.15, 0.2) is 84.0 Å². The quantitative estimate of drug-likeness (QED) is 0.399. The first-order valence-corrected chi connectivity index (χ1v) is 10.7. The standard InChI is InChI=1S/C24H21FN4OS/c1-28(2)23(30)19-10-8-17(9-11-19)16-31-24-27-26-22(18-12-14-20(25)15-13-18)29(24)21-6-4-3-5-7-21/h3-15H,16H2,1-2H3. The van der Waals surface area contributed by atoms with Gasteiger partial charge in [-0.2, -0.15) is 0 Å². The largest absolute Gasteiger partial charge is 0.345 e. The number of carbonyl (C=O) groups excluding carboxylic acids is 1. The van der Waals surface area contributed by atoms with E-state index in [1.165, 1.54) is 12.1 Å². The van der Waals surface area contributed by atoms with Gasteiger partial charge in [0.15, 0.2) is 11.0 Å². The third-order valence-electron chi connectivity index (χ3n) is 4.73. The molecule has 0 bridgehead atoms. The van der Waals surface area contributed by atoms with Gasteiger partial charge in [0.2, 0.25) is 0 Å². The molecule has 7 heteroatoms. The fraction of sp³-hybridized carbons (Fsp3) is 0.125. The minimum Gasteiger partial charge on any atom is -0.345 e. The number of hydrogen-bond acceptors (Lipinski definition) is 4. The molecule has 1 aromatic heterocycles. The van der Waals surface area contributed by atoms with Crippen LogP contribution >= 0.6 is 11.8 Å². The van der Waals surface area contributed by atoms with Gasteiger partial charge >= 0.3 is 0 Å². The number of halogens is 1. The van der Waals surface area contributed by atoms with Crippen LogP contribution in [0.2, 0.25) is 0 Å². The van der Waals surface area contributed by atoms with Crippen LogP contribution in [-0.2, 0) is 5.75 Å². The lowest BCUT2D eigenvalue weighted by Gasteiger charge is -2.11. The summed E-state index contributed by atoms with van der Waals surface area (Å²) in [7, 11) is 3.47. The molecular formula is C24H21FN4OS. The lowest BCUT2D eigenvalue weighted by Crippen LogP contribution is -2.21. The molecule has 1 amide bonds. The van der Waals surface area contributed by atoms with Crippen molar-refractivity contribution in [2.75, 3.05) is 14.1 Å². The van der Waals surface area contributed by atoms with E-state index < -0.39 is 0 Å². The second-order valence-corrected chi connectivity index (χ2v) is 8.11. The van der Waals surface area contributed by atoms with E-state index in [1.54, 1.807) is 42.9 Å². The number of rotatable bonds is 6. The number of thioether (sulfide) groups is 1. The first-order valence-electron chi connectivity index (χ1n) is 9.73. The molecule has 0 aliphatic rings. The lowest BCUT2D eigenvalue weighted by atomic mass is 10.1. The Morgan fingerprint density at radius 3 is 2.26 bits per heavy atom. The van der Waals surface area contributed by atoms with E-state index in [9.17, 15) is 9.18 Å². The summed E-state index contributed by atoms with van der Waals surface area (Å²) in [5.41, 5.74) is 3.45. The summed E-state index contributed by atoms with van der Waals surface area (Å²) in [6.07, 6.45) is 0. The van der Waals surface area contributed by atoms with Gasteiger partial charge in [-0.1, -0.05) is 42.1 Å². The molecule has 0 N–H and O–H groups in total. The maximum Gasteiger partial charge on any atom is 0.253 e. The van der Waals surface area contributed by atoms with Gasteiger partial charge in [-0.3, -0.25) is 9.36 Å². The number of amides is 1. The van der Waals surface area contributed by atoms with Crippen molar-refractivity contribution in [1.29, 1.82) is 0 Å². The molecule has 0 atom stereocenters. The van der Waals surface area contributed by atoms with Crippen molar-refractivity contribution in [3.8, 4) is 17.1 Å². The zero-order valence-electron chi connectivity index (χ0n) is 17.2. The van der Waals surface area contributed by atoms with Crippen molar-refractivity contribution in [2.45, 2.75) is 10.9 Å². The number of hydrogen-bond donors (Lipinski definition) is 0. The van der Waals surface area contributed by atoms with Gasteiger partial charge in [-0.15, -0.1) is 10.2 Å². The van der Waals surface area contributed by atoms with E-state index in [2.05, 4.69) is 10.2 Å². The van der Waals surface area contributed by atoms with Gasteiger partial charge in [0.25, 0.3) is 5.91 Å². The minimum absolute atomic E-state index is 0.0213. The number of carbonyl (C=O) groups is 1. The van der Waals surface area contributed by atoms with Crippen molar-refractivity contribution in [3.05, 3.63) is 95.8 Å². The molecule has 5 nitrogen and oxygen atoms in total. The Bertz CT molecular complexity index is 1170. The molecule has 4 rings (SSSR count). The van der Waals surface area contributed by atoms with Gasteiger partial charge in [-0.25, -0.2) is 4.39 Å². The summed E-state index contributed by atoms with van der Waals surface area (Å²) in [6, 6.07) is 23.7. The highest BCUT2D eigenvalue weighted by Crippen LogP contribution is 2.30. The van der Waals surface area contributed by atoms with Gasteiger partial charge in [0, 0.05) is 36.7 Å². The molecule has 0 saturated heterocycles. The monoisotopic (exact) mass is 432 g/mol. The Morgan fingerprint density at radius 2 is 1.61 bits per heavy atom. The van der Waals surface area contributed by atoms with Crippen molar-refractivity contribution in [1.82, 2.24) is 19.7 Å². The average molecular weight is 433 g/mol. The van der Waals surface area contributed by atoms with Crippen LogP contribution in [0.5, 0.6) is 0 Å². The summed E-state index contributed by atoms with van der Waals surface area (Å²) in [6.45, 7) is 0. The predicted octanol–water partition coefficient (Wildman–Crippen LogP) is 5.07. The van der Waals surface area contributed by atoms with Crippen LogP contribution in [0, 0.1) is 5.82 Å². The molecule has 0 unspecified atom stereocenters. The summed E-state index contributed by atoms with van der Waals surface area (Å²) < 4.78 is 15.4. The highest BCUT2D eigenvalue weighted by molar-refractivity contribution is 7.98. The molecule has 0 radical (unpaired) electrons. The maximum atomic E-state index is 13.4. The summed E-state index contributed by atoms with van der Waals surface area (Å²) in [5.74, 6) is 1.01. The van der Waals surface area contributed by atoms with E-state index in [0.717, 1.165) is 22.0 Å². The van der Waals surface area contributed by atoms with Crippen LogP contribution in [0.3, 0.4) is 0 Å². The average Bonchev–Trinajstić information content (AvgIpc) is 3.22. The van der Waals surface area contributed by atoms with E-state index in [0.29, 0.717) is 17.1 Å². The summed E-state index contributed by atoms with van der Waals surface area (Å²) in [5, 5.41) is 9.51. The van der Waals surface area contributed by atoms with Crippen molar-refractivity contribution >= 4 is 17.7 Å². The van der Waals surface area contributed by atoms with Crippen molar-refractivity contribution < 1.29 is 9.18 Å². The molecule has 4 aromatic rings. The lowest BCUT2D eigenvalue weighted by molar-refractivity contribution is 0.0827. The van der Waals surface area contributed by atoms with Crippen molar-refractivity contribution in [3.63, 3.8) is 0 Å². The first-order chi connectivity index (χ1) is 15.0. The van der Waals surface area contributed by atoms with E-state index in [1.807, 2.05) is 59.2 Å². The van der Waals surface area contributed by atoms with E-state index in [4.69, 9.17) is 0 Å². The first kappa shape index (κ1) is 20.8. The van der Waals surface area contributed by atoms with Crippen LogP contribution in [0.1, 0.15) is 15.9 Å². The highest BCUT2D eigenvalue weighted by atomic mass is 32.2. The Balaban J connectivity index is 1.61. The number of nitrogens with zero attached hydrogens (tertiary/aromatic N) is 4. The normalized spacial score (nSPS) is 10.8. The molecule has 156 valence electrons. The van der Waals surface area contributed by atoms with E-state index >= 15 is 0 Å². The smallest absolute Gasteiger partial charge is 0.253 e. The SMILES string of the molecule is CN(C)C(=O)c1ccc(CSc2nnc(-c3ccc(F)cc3)n2-c2ccccc2)cc1. The Kier molecular flexibility index (Phi) is 6.13. The number of para-hydroxylation sites is 1. The fourth-order valence-corrected chi connectivity index (χ4v) is 4.02. The molecular weight excluding hydrogens is 411 g/mol. The fourth-order valence-electron chi connectivity index (χ4n) is 3.11. The molecule has 0 spiro atoms. The van der Waals surface area contributed by atoms with Crippen LogP contribution in [-0.4, -0.2) is 39.7 Å². The van der Waals surface area contributed by atoms with Crippen LogP contribution in [0.25, 0.3) is 17.1 Å². The van der Waals surface area contributed by atoms with Crippen LogP contribution in [0.4, 0.5) is 4.39 Å². The van der Waals surface area contributed by atoms with Gasteiger partial charge in [0.1, 0.15) is 5.82 Å². The molecule has 0 aliphatic carbocycles. The number of aromatic nitrogens is 3. The second kappa shape index (κ2) is 9.14. The van der Waals surface area contributed by atoms with Gasteiger partial charge < -0.3 is 4.90 Å². The third-order valence-corrected chi connectivity index (χ3v) is 5.73. The maximum absolute atomic E-state index is 13.4. The minimum atomic E-state index is -0.291. The van der Waals surface area contributed by atoms with Gasteiger partial charge in [0.05, 0.1) is 0 Å². The second-order valence-electron chi connectivity index (χ2n) is 7.17. The Hall–Kier alpha value is -3.45. The molecule has 1 heterocycles. The van der Waals surface area contributed by atoms with Crippen LogP contribution < -0.4 is 0 Å².